The summed E-state index contributed by atoms with van der Waals surface area (Å²) in [5.41, 5.74) is 2.63. The van der Waals surface area contributed by atoms with Crippen LogP contribution in [0.25, 0.3) is 10.9 Å². The van der Waals surface area contributed by atoms with Crippen LogP contribution in [0.3, 0.4) is 0 Å². The van der Waals surface area contributed by atoms with Crippen LogP contribution < -0.4 is 10.6 Å². The fourth-order valence-electron chi connectivity index (χ4n) is 2.10. The Morgan fingerprint density at radius 1 is 1.05 bits per heavy atom. The van der Waals surface area contributed by atoms with Crippen LogP contribution in [0.5, 0.6) is 0 Å². The van der Waals surface area contributed by atoms with Gasteiger partial charge in [0, 0.05) is 30.5 Å². The van der Waals surface area contributed by atoms with Gasteiger partial charge in [0.05, 0.1) is 11.2 Å². The Kier molecular flexibility index (Phi) is 3.47. The monoisotopic (exact) mass is 278 g/mol. The number of carbonyl (C=O) groups excluding carboxylic acids is 1. The first-order valence-electron chi connectivity index (χ1n) is 6.57. The van der Waals surface area contributed by atoms with E-state index in [1.807, 2.05) is 30.3 Å². The lowest BCUT2D eigenvalue weighted by molar-refractivity contribution is 0.102. The van der Waals surface area contributed by atoms with Crippen LogP contribution in [-0.2, 0) is 0 Å². The standard InChI is InChI=1S/C16H14N4O/c1-17-12-7-9-18-14(10-12)16(21)20-13-6-2-4-11-5-3-8-19-15(11)13/h2-10H,1H3,(H,17,18)(H,20,21). The van der Waals surface area contributed by atoms with Gasteiger partial charge in [-0.1, -0.05) is 18.2 Å². The van der Waals surface area contributed by atoms with Crippen molar-refractivity contribution in [3.05, 3.63) is 60.6 Å². The SMILES string of the molecule is CNc1ccnc(C(=O)Nc2cccc3cccnc23)c1. The van der Waals surface area contributed by atoms with Crippen molar-refractivity contribution in [2.24, 2.45) is 0 Å². The summed E-state index contributed by atoms with van der Waals surface area (Å²) in [5.74, 6) is -0.259. The van der Waals surface area contributed by atoms with E-state index in [1.165, 1.54) is 0 Å². The maximum atomic E-state index is 12.3. The van der Waals surface area contributed by atoms with Crippen molar-refractivity contribution < 1.29 is 4.79 Å². The number of fused-ring (bicyclic) bond motifs is 1. The minimum atomic E-state index is -0.259. The molecule has 2 heterocycles. The van der Waals surface area contributed by atoms with E-state index in [0.717, 1.165) is 16.6 Å². The molecule has 1 aromatic carbocycles. The molecule has 5 nitrogen and oxygen atoms in total. The van der Waals surface area contributed by atoms with E-state index in [4.69, 9.17) is 0 Å². The summed E-state index contributed by atoms with van der Waals surface area (Å²) in [7, 11) is 1.80. The van der Waals surface area contributed by atoms with Crippen LogP contribution in [0.15, 0.2) is 54.9 Å². The largest absolute Gasteiger partial charge is 0.388 e. The van der Waals surface area contributed by atoms with Crippen LogP contribution in [-0.4, -0.2) is 22.9 Å². The fraction of sp³-hybridized carbons (Fsp3) is 0.0625. The van der Waals surface area contributed by atoms with Crippen molar-refractivity contribution >= 4 is 28.2 Å². The van der Waals surface area contributed by atoms with E-state index >= 15 is 0 Å². The molecule has 5 heteroatoms. The van der Waals surface area contributed by atoms with Crippen molar-refractivity contribution in [3.8, 4) is 0 Å². The molecule has 0 aliphatic rings. The summed E-state index contributed by atoms with van der Waals surface area (Å²) in [6.07, 6.45) is 3.31. The zero-order chi connectivity index (χ0) is 14.7. The maximum absolute atomic E-state index is 12.3. The van der Waals surface area contributed by atoms with Gasteiger partial charge < -0.3 is 10.6 Å². The molecule has 2 N–H and O–H groups in total. The third kappa shape index (κ3) is 2.67. The van der Waals surface area contributed by atoms with E-state index in [2.05, 4.69) is 20.6 Å². The molecule has 1 amide bonds. The van der Waals surface area contributed by atoms with Crippen molar-refractivity contribution in [2.75, 3.05) is 17.7 Å². The average Bonchev–Trinajstić information content (AvgIpc) is 2.55. The lowest BCUT2D eigenvalue weighted by Gasteiger charge is -2.08. The number of nitrogens with zero attached hydrogens (tertiary/aromatic N) is 2. The number of pyridine rings is 2. The Balaban J connectivity index is 1.93. The molecule has 2 aromatic heterocycles. The lowest BCUT2D eigenvalue weighted by Crippen LogP contribution is -2.14. The molecule has 3 rings (SSSR count). The molecule has 0 saturated heterocycles. The Morgan fingerprint density at radius 2 is 1.90 bits per heavy atom. The lowest BCUT2D eigenvalue weighted by atomic mass is 10.2. The number of amides is 1. The molecule has 0 spiro atoms. The normalized spacial score (nSPS) is 10.3. The van der Waals surface area contributed by atoms with Gasteiger partial charge in [0.15, 0.2) is 0 Å². The van der Waals surface area contributed by atoms with Gasteiger partial charge in [-0.05, 0) is 24.3 Å². The molecule has 21 heavy (non-hydrogen) atoms. The number of hydrogen-bond acceptors (Lipinski definition) is 4. The van der Waals surface area contributed by atoms with Crippen LogP contribution in [0.4, 0.5) is 11.4 Å². The van der Waals surface area contributed by atoms with Crippen molar-refractivity contribution in [1.82, 2.24) is 9.97 Å². The minimum absolute atomic E-state index is 0.259. The highest BCUT2D eigenvalue weighted by molar-refractivity contribution is 6.07. The van der Waals surface area contributed by atoms with Gasteiger partial charge in [0.2, 0.25) is 0 Å². The number of rotatable bonds is 3. The average molecular weight is 278 g/mol. The number of hydrogen-bond donors (Lipinski definition) is 2. The number of benzene rings is 1. The van der Waals surface area contributed by atoms with Crippen LogP contribution >= 0.6 is 0 Å². The third-order valence-electron chi connectivity index (χ3n) is 3.16. The van der Waals surface area contributed by atoms with Gasteiger partial charge in [-0.25, -0.2) is 0 Å². The molecular formula is C16H14N4O. The zero-order valence-electron chi connectivity index (χ0n) is 11.5. The molecule has 0 aliphatic heterocycles. The smallest absolute Gasteiger partial charge is 0.274 e. The summed E-state index contributed by atoms with van der Waals surface area (Å²) < 4.78 is 0. The van der Waals surface area contributed by atoms with Gasteiger partial charge in [-0.2, -0.15) is 0 Å². The molecule has 0 atom stereocenters. The molecule has 0 bridgehead atoms. The first kappa shape index (κ1) is 13.1. The van der Waals surface area contributed by atoms with E-state index < -0.39 is 0 Å². The number of anilines is 2. The molecule has 0 radical (unpaired) electrons. The highest BCUT2D eigenvalue weighted by atomic mass is 16.1. The molecular weight excluding hydrogens is 264 g/mol. The van der Waals surface area contributed by atoms with Crippen LogP contribution in [0.1, 0.15) is 10.5 Å². The van der Waals surface area contributed by atoms with E-state index in [-0.39, 0.29) is 5.91 Å². The second-order valence-corrected chi connectivity index (χ2v) is 4.51. The highest BCUT2D eigenvalue weighted by Crippen LogP contribution is 2.21. The fourth-order valence-corrected chi connectivity index (χ4v) is 2.10. The summed E-state index contributed by atoms with van der Waals surface area (Å²) in [6.45, 7) is 0. The Hall–Kier alpha value is -2.95. The Morgan fingerprint density at radius 3 is 2.76 bits per heavy atom. The third-order valence-corrected chi connectivity index (χ3v) is 3.16. The van der Waals surface area contributed by atoms with Gasteiger partial charge in [0.25, 0.3) is 5.91 Å². The van der Waals surface area contributed by atoms with Gasteiger partial charge in [-0.15, -0.1) is 0 Å². The highest BCUT2D eigenvalue weighted by Gasteiger charge is 2.10. The quantitative estimate of drug-likeness (QED) is 0.773. The molecule has 0 saturated carbocycles. The predicted octanol–water partition coefficient (Wildman–Crippen LogP) is 2.92. The van der Waals surface area contributed by atoms with Crippen molar-refractivity contribution in [2.45, 2.75) is 0 Å². The van der Waals surface area contributed by atoms with Crippen LogP contribution in [0, 0.1) is 0 Å². The number of para-hydroxylation sites is 1. The number of carbonyl (C=O) groups is 1. The molecule has 3 aromatic rings. The molecule has 0 unspecified atom stereocenters. The second kappa shape index (κ2) is 5.58. The van der Waals surface area contributed by atoms with Gasteiger partial charge >= 0.3 is 0 Å². The summed E-state index contributed by atoms with van der Waals surface area (Å²) in [5, 5.41) is 6.82. The van der Waals surface area contributed by atoms with Crippen LogP contribution in [0.2, 0.25) is 0 Å². The molecule has 0 fully saturated rings. The Bertz CT molecular complexity index is 796. The minimum Gasteiger partial charge on any atom is -0.388 e. The van der Waals surface area contributed by atoms with E-state index in [0.29, 0.717) is 11.4 Å². The van der Waals surface area contributed by atoms with Gasteiger partial charge in [0.1, 0.15) is 5.69 Å². The summed E-state index contributed by atoms with van der Waals surface area (Å²) >= 11 is 0. The topological polar surface area (TPSA) is 66.9 Å². The molecule has 104 valence electrons. The van der Waals surface area contributed by atoms with E-state index in [1.54, 1.807) is 31.6 Å². The van der Waals surface area contributed by atoms with Gasteiger partial charge in [-0.3, -0.25) is 14.8 Å². The summed E-state index contributed by atoms with van der Waals surface area (Å²) in [4.78, 5) is 20.7. The maximum Gasteiger partial charge on any atom is 0.274 e. The first-order valence-corrected chi connectivity index (χ1v) is 6.57. The first-order chi connectivity index (χ1) is 10.3. The van der Waals surface area contributed by atoms with Crippen molar-refractivity contribution in [1.29, 1.82) is 0 Å². The predicted molar refractivity (Wildman–Crippen MR) is 83.5 cm³/mol. The zero-order valence-corrected chi connectivity index (χ0v) is 11.5. The van der Waals surface area contributed by atoms with E-state index in [9.17, 15) is 4.79 Å². The molecule has 0 aliphatic carbocycles. The Labute approximate surface area is 122 Å². The van der Waals surface area contributed by atoms with Crippen molar-refractivity contribution in [3.63, 3.8) is 0 Å². The number of nitrogens with one attached hydrogen (secondary N) is 2. The summed E-state index contributed by atoms with van der Waals surface area (Å²) in [6, 6.07) is 13.0. The number of aromatic nitrogens is 2. The second-order valence-electron chi connectivity index (χ2n) is 4.51.